The molecule has 1 heterocycles. The Hall–Kier alpha value is 0.660. The predicted molar refractivity (Wildman–Crippen MR) is 63.2 cm³/mol. The minimum Gasteiger partial charge on any atom is -0.379 e. The second-order valence-corrected chi connectivity index (χ2v) is 6.94. The fourth-order valence-corrected chi connectivity index (χ4v) is 6.01. The van der Waals surface area contributed by atoms with E-state index in [0.29, 0.717) is 28.4 Å². The zero-order chi connectivity index (χ0) is 10.0. The van der Waals surface area contributed by atoms with Crippen molar-refractivity contribution >= 4 is 21.6 Å². The van der Waals surface area contributed by atoms with E-state index in [2.05, 4.69) is 27.7 Å². The van der Waals surface area contributed by atoms with Crippen molar-refractivity contribution in [3.63, 3.8) is 0 Å². The molecule has 0 amide bonds. The minimum absolute atomic E-state index is 0.440. The molecule has 1 fully saturated rings. The lowest BCUT2D eigenvalue weighted by Gasteiger charge is -2.25. The standard InChI is InChI=1S/C10H20OS2/c1-6(2)9-8(11-5)10(7(3)4)13-12-9/h6-10H,1-5H3. The van der Waals surface area contributed by atoms with Gasteiger partial charge in [-0.1, -0.05) is 49.3 Å². The van der Waals surface area contributed by atoms with Crippen LogP contribution in [-0.4, -0.2) is 23.7 Å². The van der Waals surface area contributed by atoms with Gasteiger partial charge in [0.05, 0.1) is 6.10 Å². The minimum atomic E-state index is 0.440. The molecule has 0 N–H and O–H groups in total. The third kappa shape index (κ3) is 2.57. The van der Waals surface area contributed by atoms with Gasteiger partial charge in [0.2, 0.25) is 0 Å². The second kappa shape index (κ2) is 4.94. The van der Waals surface area contributed by atoms with Crippen LogP contribution in [0.1, 0.15) is 27.7 Å². The first-order valence-corrected chi connectivity index (χ1v) is 7.20. The molecule has 0 aromatic carbocycles. The van der Waals surface area contributed by atoms with Crippen LogP contribution in [-0.2, 0) is 4.74 Å². The van der Waals surface area contributed by atoms with E-state index in [-0.39, 0.29) is 0 Å². The molecule has 0 spiro atoms. The van der Waals surface area contributed by atoms with E-state index in [4.69, 9.17) is 4.74 Å². The van der Waals surface area contributed by atoms with E-state index in [1.165, 1.54) is 0 Å². The first-order valence-electron chi connectivity index (χ1n) is 4.92. The van der Waals surface area contributed by atoms with Gasteiger partial charge < -0.3 is 4.74 Å². The van der Waals surface area contributed by atoms with Gasteiger partial charge in [-0.15, -0.1) is 0 Å². The number of methoxy groups -OCH3 is 1. The molecule has 1 rings (SSSR count). The normalized spacial score (nSPS) is 34.8. The van der Waals surface area contributed by atoms with E-state index in [9.17, 15) is 0 Å². The van der Waals surface area contributed by atoms with Crippen molar-refractivity contribution in [2.24, 2.45) is 11.8 Å². The molecule has 1 aliphatic heterocycles. The molecule has 0 aromatic heterocycles. The summed E-state index contributed by atoms with van der Waals surface area (Å²) in [5.74, 6) is 1.43. The summed E-state index contributed by atoms with van der Waals surface area (Å²) in [5.41, 5.74) is 0. The van der Waals surface area contributed by atoms with Gasteiger partial charge in [0.1, 0.15) is 0 Å². The van der Waals surface area contributed by atoms with Crippen LogP contribution in [0.25, 0.3) is 0 Å². The zero-order valence-electron chi connectivity index (χ0n) is 9.11. The highest BCUT2D eigenvalue weighted by Crippen LogP contribution is 2.50. The lowest BCUT2D eigenvalue weighted by atomic mass is 9.96. The highest BCUT2D eigenvalue weighted by atomic mass is 33.1. The topological polar surface area (TPSA) is 9.23 Å². The Morgan fingerprint density at radius 2 is 1.31 bits per heavy atom. The van der Waals surface area contributed by atoms with E-state index < -0.39 is 0 Å². The Morgan fingerprint density at radius 1 is 0.923 bits per heavy atom. The van der Waals surface area contributed by atoms with E-state index in [1.807, 2.05) is 28.7 Å². The van der Waals surface area contributed by atoms with Gasteiger partial charge in [-0.05, 0) is 11.8 Å². The van der Waals surface area contributed by atoms with Crippen LogP contribution in [0.3, 0.4) is 0 Å². The Kier molecular flexibility index (Phi) is 4.46. The fourth-order valence-electron chi connectivity index (χ4n) is 1.67. The maximum Gasteiger partial charge on any atom is 0.0829 e. The molecule has 78 valence electrons. The lowest BCUT2D eigenvalue weighted by molar-refractivity contribution is 0.0812. The van der Waals surface area contributed by atoms with Gasteiger partial charge in [-0.2, -0.15) is 0 Å². The van der Waals surface area contributed by atoms with Crippen molar-refractivity contribution in [2.45, 2.75) is 44.3 Å². The number of ether oxygens (including phenoxy) is 1. The van der Waals surface area contributed by atoms with Gasteiger partial charge in [0.15, 0.2) is 0 Å². The van der Waals surface area contributed by atoms with Crippen molar-refractivity contribution in [1.29, 1.82) is 0 Å². The van der Waals surface area contributed by atoms with Crippen molar-refractivity contribution in [1.82, 2.24) is 0 Å². The molecule has 2 unspecified atom stereocenters. The highest BCUT2D eigenvalue weighted by Gasteiger charge is 2.40. The first-order chi connectivity index (χ1) is 6.07. The molecule has 13 heavy (non-hydrogen) atoms. The molecule has 0 saturated carbocycles. The Morgan fingerprint density at radius 3 is 1.54 bits per heavy atom. The molecule has 3 heteroatoms. The summed E-state index contributed by atoms with van der Waals surface area (Å²) in [5, 5.41) is 1.34. The molecule has 1 aliphatic rings. The average Bonchev–Trinajstić information content (AvgIpc) is 2.46. The zero-order valence-corrected chi connectivity index (χ0v) is 10.7. The number of hydrogen-bond donors (Lipinski definition) is 0. The Bertz CT molecular complexity index is 143. The Labute approximate surface area is 89.8 Å². The van der Waals surface area contributed by atoms with Crippen molar-refractivity contribution in [2.75, 3.05) is 7.11 Å². The van der Waals surface area contributed by atoms with Crippen LogP contribution in [0.5, 0.6) is 0 Å². The summed E-state index contributed by atoms with van der Waals surface area (Å²) in [6, 6.07) is 0. The van der Waals surface area contributed by atoms with Crippen molar-refractivity contribution in [3.8, 4) is 0 Å². The van der Waals surface area contributed by atoms with E-state index in [0.717, 1.165) is 0 Å². The number of rotatable bonds is 3. The molecular formula is C10H20OS2. The summed E-state index contributed by atoms with van der Waals surface area (Å²) >= 11 is 0. The fraction of sp³-hybridized carbons (Fsp3) is 1.00. The van der Waals surface area contributed by atoms with E-state index in [1.54, 1.807) is 0 Å². The van der Waals surface area contributed by atoms with Crippen LogP contribution in [0.15, 0.2) is 0 Å². The van der Waals surface area contributed by atoms with Crippen LogP contribution in [0.4, 0.5) is 0 Å². The SMILES string of the molecule is COC1C(C(C)C)SSC1C(C)C. The summed E-state index contributed by atoms with van der Waals surface area (Å²) < 4.78 is 5.62. The maximum atomic E-state index is 5.62. The lowest BCUT2D eigenvalue weighted by Crippen LogP contribution is -2.35. The van der Waals surface area contributed by atoms with Crippen LogP contribution < -0.4 is 0 Å². The average molecular weight is 220 g/mol. The maximum absolute atomic E-state index is 5.62. The third-order valence-corrected chi connectivity index (χ3v) is 6.36. The van der Waals surface area contributed by atoms with Crippen molar-refractivity contribution in [3.05, 3.63) is 0 Å². The van der Waals surface area contributed by atoms with Crippen LogP contribution >= 0.6 is 21.6 Å². The molecule has 0 radical (unpaired) electrons. The van der Waals surface area contributed by atoms with Gasteiger partial charge in [-0.3, -0.25) is 0 Å². The van der Waals surface area contributed by atoms with Crippen LogP contribution in [0.2, 0.25) is 0 Å². The van der Waals surface area contributed by atoms with Gasteiger partial charge in [0, 0.05) is 17.6 Å². The van der Waals surface area contributed by atoms with Gasteiger partial charge in [-0.25, -0.2) is 0 Å². The van der Waals surface area contributed by atoms with Crippen LogP contribution in [0, 0.1) is 11.8 Å². The summed E-state index contributed by atoms with van der Waals surface area (Å²) in [4.78, 5) is 0. The third-order valence-electron chi connectivity index (χ3n) is 2.51. The monoisotopic (exact) mass is 220 g/mol. The smallest absolute Gasteiger partial charge is 0.0829 e. The van der Waals surface area contributed by atoms with E-state index >= 15 is 0 Å². The largest absolute Gasteiger partial charge is 0.379 e. The molecule has 0 bridgehead atoms. The summed E-state index contributed by atoms with van der Waals surface area (Å²) in [6.07, 6.45) is 0.440. The summed E-state index contributed by atoms with van der Waals surface area (Å²) in [6.45, 7) is 9.14. The van der Waals surface area contributed by atoms with Gasteiger partial charge >= 0.3 is 0 Å². The highest BCUT2D eigenvalue weighted by molar-refractivity contribution is 8.77. The molecule has 0 aromatic rings. The first kappa shape index (κ1) is 11.7. The summed E-state index contributed by atoms with van der Waals surface area (Å²) in [7, 11) is 5.87. The van der Waals surface area contributed by atoms with Gasteiger partial charge in [0.25, 0.3) is 0 Å². The molecular weight excluding hydrogens is 200 g/mol. The number of hydrogen-bond acceptors (Lipinski definition) is 3. The molecule has 2 atom stereocenters. The second-order valence-electron chi connectivity index (χ2n) is 4.31. The predicted octanol–water partition coefficient (Wildman–Crippen LogP) is 3.45. The Balaban J connectivity index is 2.63. The molecule has 0 aliphatic carbocycles. The van der Waals surface area contributed by atoms with Crippen molar-refractivity contribution < 1.29 is 4.74 Å². The quantitative estimate of drug-likeness (QED) is 0.674. The molecule has 1 nitrogen and oxygen atoms in total. The molecule has 1 saturated heterocycles.